The Morgan fingerprint density at radius 1 is 1.15 bits per heavy atom. The maximum atomic E-state index is 12.6. The number of aryl methyl sites for hydroxylation is 1. The Labute approximate surface area is 153 Å². The molecule has 0 atom stereocenters. The second-order valence-electron chi connectivity index (χ2n) is 6.62. The lowest BCUT2D eigenvalue weighted by atomic mass is 10.1. The van der Waals surface area contributed by atoms with E-state index in [2.05, 4.69) is 10.5 Å². The summed E-state index contributed by atoms with van der Waals surface area (Å²) >= 11 is 0. The molecule has 2 aromatic rings. The fourth-order valence-electron chi connectivity index (χ4n) is 3.23. The van der Waals surface area contributed by atoms with Crippen LogP contribution >= 0.6 is 0 Å². The molecule has 1 aromatic heterocycles. The maximum absolute atomic E-state index is 12.6. The van der Waals surface area contributed by atoms with Gasteiger partial charge in [-0.1, -0.05) is 25.0 Å². The molecule has 3 rings (SSSR count). The highest BCUT2D eigenvalue weighted by Gasteiger charge is 2.30. The number of amides is 1. The van der Waals surface area contributed by atoms with Gasteiger partial charge in [0, 0.05) is 13.2 Å². The lowest BCUT2D eigenvalue weighted by Crippen LogP contribution is -2.21. The number of carbonyl (C=O) groups is 1. The summed E-state index contributed by atoms with van der Waals surface area (Å²) < 4.78 is 26.9. The van der Waals surface area contributed by atoms with Gasteiger partial charge in [0.05, 0.1) is 15.9 Å². The van der Waals surface area contributed by atoms with Gasteiger partial charge < -0.3 is 4.57 Å². The van der Waals surface area contributed by atoms with Crippen molar-refractivity contribution >= 4 is 21.5 Å². The van der Waals surface area contributed by atoms with Crippen molar-refractivity contribution < 1.29 is 13.2 Å². The fraction of sp³-hybridized carbons (Fsp3) is 0.368. The minimum Gasteiger partial charge on any atom is -0.347 e. The van der Waals surface area contributed by atoms with Crippen molar-refractivity contribution in [3.05, 3.63) is 53.9 Å². The molecule has 0 unspecified atom stereocenters. The van der Waals surface area contributed by atoms with Gasteiger partial charge in [0.15, 0.2) is 9.84 Å². The zero-order valence-electron chi connectivity index (χ0n) is 15.0. The van der Waals surface area contributed by atoms with Gasteiger partial charge >= 0.3 is 0 Å². The third-order valence-corrected chi connectivity index (χ3v) is 7.12. The van der Waals surface area contributed by atoms with Gasteiger partial charge in [0.1, 0.15) is 5.69 Å². The van der Waals surface area contributed by atoms with Crippen LogP contribution in [0, 0.1) is 0 Å². The summed E-state index contributed by atoms with van der Waals surface area (Å²) in [6.45, 7) is 1.77. The molecule has 1 saturated carbocycles. The summed E-state index contributed by atoms with van der Waals surface area (Å²) in [7, 11) is -1.47. The van der Waals surface area contributed by atoms with E-state index < -0.39 is 9.84 Å². The van der Waals surface area contributed by atoms with Gasteiger partial charge in [-0.15, -0.1) is 0 Å². The summed E-state index contributed by atoms with van der Waals surface area (Å²) in [4.78, 5) is 12.4. The van der Waals surface area contributed by atoms with Crippen LogP contribution in [-0.4, -0.2) is 29.9 Å². The largest absolute Gasteiger partial charge is 0.347 e. The first kappa shape index (κ1) is 18.4. The van der Waals surface area contributed by atoms with Crippen LogP contribution < -0.4 is 5.43 Å². The molecular formula is C19H23N3O3S. The number of hydrogen-bond donors (Lipinski definition) is 1. The van der Waals surface area contributed by atoms with E-state index in [-0.39, 0.29) is 11.2 Å². The van der Waals surface area contributed by atoms with Crippen LogP contribution in [-0.2, 0) is 16.9 Å². The van der Waals surface area contributed by atoms with Gasteiger partial charge in [-0.25, -0.2) is 13.8 Å². The Kier molecular flexibility index (Phi) is 5.27. The molecule has 1 amide bonds. The van der Waals surface area contributed by atoms with Crippen LogP contribution in [0.2, 0.25) is 0 Å². The second kappa shape index (κ2) is 7.45. The van der Waals surface area contributed by atoms with Gasteiger partial charge in [-0.3, -0.25) is 4.79 Å². The zero-order chi connectivity index (χ0) is 18.7. The SMILES string of the molecule is C/C(=N\NC(=O)c1cccn1C)c1ccc(S(=O)(=O)C2CCCC2)cc1. The molecule has 26 heavy (non-hydrogen) atoms. The molecule has 138 valence electrons. The summed E-state index contributed by atoms with van der Waals surface area (Å²) in [6.07, 6.45) is 5.24. The Balaban J connectivity index is 1.71. The minimum atomic E-state index is -3.25. The molecule has 6 nitrogen and oxygen atoms in total. The van der Waals surface area contributed by atoms with Crippen molar-refractivity contribution in [3.8, 4) is 0 Å². The van der Waals surface area contributed by atoms with E-state index in [9.17, 15) is 13.2 Å². The number of aromatic nitrogens is 1. The van der Waals surface area contributed by atoms with E-state index >= 15 is 0 Å². The van der Waals surface area contributed by atoms with Crippen LogP contribution in [0.5, 0.6) is 0 Å². The molecule has 0 aliphatic heterocycles. The predicted octanol–water partition coefficient (Wildman–Crippen LogP) is 2.90. The molecule has 1 aromatic carbocycles. The van der Waals surface area contributed by atoms with E-state index in [0.717, 1.165) is 31.2 Å². The van der Waals surface area contributed by atoms with Crippen LogP contribution in [0.4, 0.5) is 0 Å². The summed E-state index contributed by atoms with van der Waals surface area (Å²) in [5.41, 5.74) is 4.41. The molecule has 0 saturated heterocycles. The molecule has 0 bridgehead atoms. The lowest BCUT2D eigenvalue weighted by Gasteiger charge is -2.11. The Morgan fingerprint density at radius 2 is 1.81 bits per heavy atom. The van der Waals surface area contributed by atoms with Crippen LogP contribution in [0.25, 0.3) is 0 Å². The normalized spacial score (nSPS) is 16.0. The third kappa shape index (κ3) is 3.72. The topological polar surface area (TPSA) is 80.5 Å². The van der Waals surface area contributed by atoms with Crippen molar-refractivity contribution in [1.82, 2.24) is 9.99 Å². The summed E-state index contributed by atoms with van der Waals surface area (Å²) in [6, 6.07) is 10.2. The maximum Gasteiger partial charge on any atom is 0.287 e. The van der Waals surface area contributed by atoms with Gasteiger partial charge in [-0.05, 0) is 49.6 Å². The van der Waals surface area contributed by atoms with E-state index in [1.54, 1.807) is 61.1 Å². The number of nitrogens with zero attached hydrogens (tertiary/aromatic N) is 2. The zero-order valence-corrected chi connectivity index (χ0v) is 15.8. The fourth-order valence-corrected chi connectivity index (χ4v) is 5.08. The number of rotatable bonds is 5. The van der Waals surface area contributed by atoms with Gasteiger partial charge in [-0.2, -0.15) is 5.10 Å². The number of benzene rings is 1. The first-order chi connectivity index (χ1) is 12.4. The standard InChI is InChI=1S/C19H23N3O3S/c1-14(20-21-19(23)18-8-5-13-22(18)2)15-9-11-17(12-10-15)26(24,25)16-6-3-4-7-16/h5,8-13,16H,3-4,6-7H2,1-2H3,(H,21,23)/b20-14+. The molecule has 1 fully saturated rings. The molecule has 7 heteroatoms. The van der Waals surface area contributed by atoms with Crippen molar-refractivity contribution in [1.29, 1.82) is 0 Å². The van der Waals surface area contributed by atoms with E-state index in [4.69, 9.17) is 0 Å². The number of hydrogen-bond acceptors (Lipinski definition) is 4. The first-order valence-corrected chi connectivity index (χ1v) is 10.2. The lowest BCUT2D eigenvalue weighted by molar-refractivity contribution is 0.0946. The monoisotopic (exact) mass is 373 g/mol. The third-order valence-electron chi connectivity index (χ3n) is 4.84. The highest BCUT2D eigenvalue weighted by atomic mass is 32.2. The van der Waals surface area contributed by atoms with Crippen LogP contribution in [0.3, 0.4) is 0 Å². The molecular weight excluding hydrogens is 350 g/mol. The summed E-state index contributed by atoms with van der Waals surface area (Å²) in [5.74, 6) is -0.294. The predicted molar refractivity (Wildman–Crippen MR) is 101 cm³/mol. The van der Waals surface area contributed by atoms with E-state index in [1.165, 1.54) is 0 Å². The van der Waals surface area contributed by atoms with Crippen molar-refractivity contribution in [2.75, 3.05) is 0 Å². The van der Waals surface area contributed by atoms with Gasteiger partial charge in [0.25, 0.3) is 5.91 Å². The molecule has 0 spiro atoms. The van der Waals surface area contributed by atoms with E-state index in [0.29, 0.717) is 16.3 Å². The number of sulfone groups is 1. The average molecular weight is 373 g/mol. The Morgan fingerprint density at radius 3 is 2.38 bits per heavy atom. The van der Waals surface area contributed by atoms with Crippen molar-refractivity contribution in [2.24, 2.45) is 12.1 Å². The smallest absolute Gasteiger partial charge is 0.287 e. The molecule has 1 aliphatic carbocycles. The highest BCUT2D eigenvalue weighted by molar-refractivity contribution is 7.92. The summed E-state index contributed by atoms with van der Waals surface area (Å²) in [5, 5.41) is 3.86. The van der Waals surface area contributed by atoms with Crippen molar-refractivity contribution in [3.63, 3.8) is 0 Å². The number of carbonyl (C=O) groups excluding carboxylic acids is 1. The number of nitrogens with one attached hydrogen (secondary N) is 1. The first-order valence-electron chi connectivity index (χ1n) is 8.70. The molecule has 0 radical (unpaired) electrons. The van der Waals surface area contributed by atoms with Crippen LogP contribution in [0.15, 0.2) is 52.6 Å². The second-order valence-corrected chi connectivity index (χ2v) is 8.85. The quantitative estimate of drug-likeness (QED) is 0.646. The molecule has 1 aliphatic rings. The molecule has 1 heterocycles. The van der Waals surface area contributed by atoms with Gasteiger partial charge in [0.2, 0.25) is 0 Å². The van der Waals surface area contributed by atoms with Crippen molar-refractivity contribution in [2.45, 2.75) is 42.8 Å². The van der Waals surface area contributed by atoms with Crippen LogP contribution in [0.1, 0.15) is 48.7 Å². The van der Waals surface area contributed by atoms with E-state index in [1.807, 2.05) is 0 Å². The number of hydrazone groups is 1. The average Bonchev–Trinajstić information content (AvgIpc) is 3.31. The Bertz CT molecular complexity index is 921. The Hall–Kier alpha value is -2.41. The molecule has 1 N–H and O–H groups in total. The minimum absolute atomic E-state index is 0.257. The highest BCUT2D eigenvalue weighted by Crippen LogP contribution is 2.29.